The zero-order valence-electron chi connectivity index (χ0n) is 21.9. The van der Waals surface area contributed by atoms with Crippen molar-refractivity contribution in [2.75, 3.05) is 41.0 Å². The third kappa shape index (κ3) is 5.55. The van der Waals surface area contributed by atoms with E-state index in [4.69, 9.17) is 19.3 Å². The molecule has 38 heavy (non-hydrogen) atoms. The lowest BCUT2D eigenvalue weighted by molar-refractivity contribution is -0.133. The molecule has 4 rings (SSSR count). The number of methoxy groups -OCH3 is 3. The van der Waals surface area contributed by atoms with Gasteiger partial charge in [0.05, 0.1) is 43.8 Å². The minimum absolute atomic E-state index is 0.102. The maximum absolute atomic E-state index is 14.4. The Morgan fingerprint density at radius 1 is 1.08 bits per heavy atom. The predicted molar refractivity (Wildman–Crippen MR) is 140 cm³/mol. The topological polar surface area (TPSA) is 85.6 Å². The highest BCUT2D eigenvalue weighted by atomic mass is 19.1. The quantitative estimate of drug-likeness (QED) is 0.406. The van der Waals surface area contributed by atoms with Gasteiger partial charge < -0.3 is 23.7 Å². The molecule has 1 aliphatic rings. The average molecular weight is 523 g/mol. The molecule has 10 heteroatoms. The summed E-state index contributed by atoms with van der Waals surface area (Å²) in [6.07, 6.45) is 2.33. The molecule has 9 nitrogen and oxygen atoms in total. The first-order valence-corrected chi connectivity index (χ1v) is 12.1. The number of halogens is 1. The first-order valence-electron chi connectivity index (χ1n) is 12.1. The van der Waals surface area contributed by atoms with E-state index in [1.807, 2.05) is 36.0 Å². The van der Waals surface area contributed by atoms with Gasteiger partial charge in [-0.1, -0.05) is 12.1 Å². The van der Waals surface area contributed by atoms with Crippen molar-refractivity contribution in [1.29, 1.82) is 0 Å². The highest BCUT2D eigenvalue weighted by molar-refractivity contribution is 6.03. The molecule has 1 aliphatic heterocycles. The number of hydrogen-bond acceptors (Lipinski definition) is 6. The Morgan fingerprint density at radius 3 is 2.53 bits per heavy atom. The average Bonchev–Trinajstić information content (AvgIpc) is 3.56. The number of nitrogens with zero attached hydrogens (tertiary/aromatic N) is 4. The monoisotopic (exact) mass is 522 g/mol. The molecule has 2 amide bonds. The molecule has 0 fully saturated rings. The van der Waals surface area contributed by atoms with E-state index in [-0.39, 0.29) is 25.3 Å². The summed E-state index contributed by atoms with van der Waals surface area (Å²) in [6, 6.07) is 14.4. The maximum atomic E-state index is 14.4. The first kappa shape index (κ1) is 26.9. The van der Waals surface area contributed by atoms with Gasteiger partial charge in [-0.2, -0.15) is 5.10 Å². The molecule has 1 aromatic heterocycles. The minimum atomic E-state index is -0.656. The first-order chi connectivity index (χ1) is 18.4. The van der Waals surface area contributed by atoms with E-state index in [1.165, 1.54) is 35.2 Å². The zero-order valence-corrected chi connectivity index (χ0v) is 21.9. The largest absolute Gasteiger partial charge is 0.497 e. The molecule has 200 valence electrons. The van der Waals surface area contributed by atoms with Gasteiger partial charge in [-0.3, -0.25) is 9.59 Å². The molecule has 0 unspecified atom stereocenters. The molecule has 2 aromatic carbocycles. The van der Waals surface area contributed by atoms with Crippen molar-refractivity contribution in [3.8, 4) is 11.5 Å². The van der Waals surface area contributed by atoms with Crippen LogP contribution in [0.3, 0.4) is 0 Å². The Morgan fingerprint density at radius 2 is 1.87 bits per heavy atom. The van der Waals surface area contributed by atoms with Gasteiger partial charge in [-0.05, 0) is 42.5 Å². The number of benzene rings is 2. The minimum Gasteiger partial charge on any atom is -0.497 e. The third-order valence-electron chi connectivity index (χ3n) is 6.48. The Kier molecular flexibility index (Phi) is 8.42. The van der Waals surface area contributed by atoms with Crippen molar-refractivity contribution in [3.63, 3.8) is 0 Å². The van der Waals surface area contributed by atoms with Crippen molar-refractivity contribution >= 4 is 17.5 Å². The number of amides is 2. The molecular formula is C28H31FN4O5. The Labute approximate surface area is 221 Å². The molecule has 1 atom stereocenters. The Hall–Kier alpha value is -4.18. The standard InChI is InChI=1S/C28H31FN4O5/c1-31-13-7-10-24(31)23-17-25(21-16-19(37-3)11-12-26(21)38-4)33(30-23)27(34)18-32(14-15-36-2)28(35)20-8-5-6-9-22(20)29/h5-13,16,25H,14-15,17-18H2,1-4H3/t25-/m0/s1. The van der Waals surface area contributed by atoms with E-state index in [1.54, 1.807) is 32.4 Å². The van der Waals surface area contributed by atoms with Gasteiger partial charge in [0.2, 0.25) is 0 Å². The van der Waals surface area contributed by atoms with Crippen molar-refractivity contribution in [2.45, 2.75) is 12.5 Å². The fraction of sp³-hybridized carbons (Fsp3) is 0.321. The van der Waals surface area contributed by atoms with Crippen LogP contribution in [0.2, 0.25) is 0 Å². The van der Waals surface area contributed by atoms with E-state index in [2.05, 4.69) is 0 Å². The van der Waals surface area contributed by atoms with E-state index >= 15 is 0 Å². The van der Waals surface area contributed by atoms with Crippen LogP contribution < -0.4 is 9.47 Å². The van der Waals surface area contributed by atoms with Crippen molar-refractivity contribution in [1.82, 2.24) is 14.5 Å². The number of carbonyl (C=O) groups excluding carboxylic acids is 2. The zero-order chi connectivity index (χ0) is 27.2. The highest BCUT2D eigenvalue weighted by Crippen LogP contribution is 2.39. The molecule has 0 saturated carbocycles. The smallest absolute Gasteiger partial charge is 0.262 e. The van der Waals surface area contributed by atoms with Crippen LogP contribution in [-0.4, -0.2) is 73.0 Å². The second kappa shape index (κ2) is 11.9. The SMILES string of the molecule is COCCN(CC(=O)N1N=C(c2cccn2C)C[C@H]1c1cc(OC)ccc1OC)C(=O)c1ccccc1F. The number of aryl methyl sites for hydroxylation is 1. The summed E-state index contributed by atoms with van der Waals surface area (Å²) < 4.78 is 32.5. The lowest BCUT2D eigenvalue weighted by atomic mass is 9.99. The summed E-state index contributed by atoms with van der Waals surface area (Å²) in [5.41, 5.74) is 2.18. The maximum Gasteiger partial charge on any atom is 0.262 e. The van der Waals surface area contributed by atoms with Crippen LogP contribution in [0.5, 0.6) is 11.5 Å². The second-order valence-corrected chi connectivity index (χ2v) is 8.82. The van der Waals surface area contributed by atoms with Gasteiger partial charge >= 0.3 is 0 Å². The molecule has 0 radical (unpaired) electrons. The number of rotatable bonds is 10. The summed E-state index contributed by atoms with van der Waals surface area (Å²) in [7, 11) is 6.53. The molecule has 0 spiro atoms. The van der Waals surface area contributed by atoms with E-state index in [9.17, 15) is 14.0 Å². The number of hydrazone groups is 1. The Bertz CT molecular complexity index is 1340. The summed E-state index contributed by atoms with van der Waals surface area (Å²) in [6.45, 7) is -0.0352. The lowest BCUT2D eigenvalue weighted by Crippen LogP contribution is -2.43. The predicted octanol–water partition coefficient (Wildman–Crippen LogP) is 3.65. The van der Waals surface area contributed by atoms with Gasteiger partial charge in [0.25, 0.3) is 11.8 Å². The number of ether oxygens (including phenoxy) is 3. The summed E-state index contributed by atoms with van der Waals surface area (Å²) >= 11 is 0. The summed E-state index contributed by atoms with van der Waals surface area (Å²) in [5, 5.41) is 6.09. The van der Waals surface area contributed by atoms with Crippen molar-refractivity contribution in [3.05, 3.63) is 83.4 Å². The lowest BCUT2D eigenvalue weighted by Gasteiger charge is -2.28. The van der Waals surface area contributed by atoms with E-state index in [0.29, 0.717) is 23.6 Å². The number of hydrogen-bond donors (Lipinski definition) is 0. The van der Waals surface area contributed by atoms with E-state index in [0.717, 1.165) is 11.3 Å². The fourth-order valence-electron chi connectivity index (χ4n) is 4.49. The summed E-state index contributed by atoms with van der Waals surface area (Å²) in [4.78, 5) is 28.3. The van der Waals surface area contributed by atoms with Crippen LogP contribution in [-0.2, 0) is 16.6 Å². The summed E-state index contributed by atoms with van der Waals surface area (Å²) in [5.74, 6) is -0.496. The van der Waals surface area contributed by atoms with Crippen LogP contribution in [0.4, 0.5) is 4.39 Å². The molecule has 3 aromatic rings. The number of carbonyl (C=O) groups is 2. The van der Waals surface area contributed by atoms with Crippen LogP contribution >= 0.6 is 0 Å². The fourth-order valence-corrected chi connectivity index (χ4v) is 4.49. The van der Waals surface area contributed by atoms with Crippen LogP contribution in [0.15, 0.2) is 65.9 Å². The molecule has 0 bridgehead atoms. The van der Waals surface area contributed by atoms with Gasteiger partial charge in [0.15, 0.2) is 0 Å². The molecule has 0 aliphatic carbocycles. The molecule has 0 saturated heterocycles. The molecule has 0 N–H and O–H groups in total. The number of aromatic nitrogens is 1. The normalized spacial score (nSPS) is 14.8. The van der Waals surface area contributed by atoms with Gasteiger partial charge in [-0.15, -0.1) is 0 Å². The van der Waals surface area contributed by atoms with Crippen molar-refractivity contribution < 1.29 is 28.2 Å². The molecule has 2 heterocycles. The highest BCUT2D eigenvalue weighted by Gasteiger charge is 2.37. The van der Waals surface area contributed by atoms with Gasteiger partial charge in [0, 0.05) is 38.9 Å². The van der Waals surface area contributed by atoms with Gasteiger partial charge in [-0.25, -0.2) is 9.40 Å². The van der Waals surface area contributed by atoms with Gasteiger partial charge in [0.1, 0.15) is 23.9 Å². The van der Waals surface area contributed by atoms with Crippen LogP contribution in [0.25, 0.3) is 0 Å². The second-order valence-electron chi connectivity index (χ2n) is 8.82. The van der Waals surface area contributed by atoms with Crippen LogP contribution in [0.1, 0.15) is 34.1 Å². The van der Waals surface area contributed by atoms with E-state index < -0.39 is 23.7 Å². The molecular weight excluding hydrogens is 491 g/mol. The third-order valence-corrected chi connectivity index (χ3v) is 6.48. The van der Waals surface area contributed by atoms with Crippen LogP contribution in [0, 0.1) is 5.82 Å². The Balaban J connectivity index is 1.70. The van der Waals surface area contributed by atoms with Crippen molar-refractivity contribution in [2.24, 2.45) is 12.1 Å².